The average molecular weight is 371 g/mol. The van der Waals surface area contributed by atoms with Gasteiger partial charge < -0.3 is 9.73 Å². The standard InChI is InChI=1S/C24H21NO3/c1-16(23-15-20-8-4-5-9-22(20)28-23)25-24(27)13-12-21(26)19-11-10-17-6-2-3-7-18(17)14-19/h2-11,14-16H,12-13H2,1H3,(H,25,27)/t16-/m0/s1. The van der Waals surface area contributed by atoms with Crippen LogP contribution in [0.2, 0.25) is 0 Å². The van der Waals surface area contributed by atoms with Crippen LogP contribution in [0.1, 0.15) is 41.9 Å². The Kier molecular flexibility index (Phi) is 4.94. The van der Waals surface area contributed by atoms with Gasteiger partial charge in [-0.1, -0.05) is 54.6 Å². The smallest absolute Gasteiger partial charge is 0.221 e. The lowest BCUT2D eigenvalue weighted by atomic mass is 10.0. The minimum Gasteiger partial charge on any atom is -0.459 e. The first kappa shape index (κ1) is 18.0. The molecule has 0 saturated carbocycles. The van der Waals surface area contributed by atoms with Crippen LogP contribution in [0, 0.1) is 0 Å². The monoisotopic (exact) mass is 371 g/mol. The van der Waals surface area contributed by atoms with E-state index in [9.17, 15) is 9.59 Å². The van der Waals surface area contributed by atoms with E-state index in [4.69, 9.17) is 4.42 Å². The van der Waals surface area contributed by atoms with Crippen molar-refractivity contribution in [3.05, 3.63) is 84.1 Å². The fraction of sp³-hybridized carbons (Fsp3) is 0.167. The number of furan rings is 1. The maximum Gasteiger partial charge on any atom is 0.221 e. The van der Waals surface area contributed by atoms with E-state index in [1.54, 1.807) is 0 Å². The second-order valence-corrected chi connectivity index (χ2v) is 6.96. The molecule has 1 aromatic heterocycles. The quantitative estimate of drug-likeness (QED) is 0.460. The highest BCUT2D eigenvalue weighted by Gasteiger charge is 2.15. The number of carbonyl (C=O) groups is 2. The molecule has 4 rings (SSSR count). The third-order valence-electron chi connectivity index (χ3n) is 4.90. The Morgan fingerprint density at radius 3 is 2.36 bits per heavy atom. The normalized spacial score (nSPS) is 12.2. The number of amides is 1. The highest BCUT2D eigenvalue weighted by Crippen LogP contribution is 2.23. The van der Waals surface area contributed by atoms with E-state index in [1.165, 1.54) is 0 Å². The molecule has 0 spiro atoms. The van der Waals surface area contributed by atoms with E-state index in [0.29, 0.717) is 11.3 Å². The Morgan fingerprint density at radius 1 is 0.857 bits per heavy atom. The lowest BCUT2D eigenvalue weighted by Gasteiger charge is -2.11. The van der Waals surface area contributed by atoms with Crippen molar-refractivity contribution in [1.82, 2.24) is 5.32 Å². The summed E-state index contributed by atoms with van der Waals surface area (Å²) in [5, 5.41) is 6.03. The zero-order valence-corrected chi connectivity index (χ0v) is 15.6. The predicted octanol–water partition coefficient (Wildman–Crippen LogP) is 5.43. The minimum absolute atomic E-state index is 0.0303. The molecule has 0 aliphatic carbocycles. The molecule has 0 fully saturated rings. The highest BCUT2D eigenvalue weighted by atomic mass is 16.3. The summed E-state index contributed by atoms with van der Waals surface area (Å²) in [6.45, 7) is 1.88. The molecular formula is C24H21NO3. The zero-order valence-electron chi connectivity index (χ0n) is 15.6. The molecule has 1 heterocycles. The molecule has 4 heteroatoms. The molecule has 0 aliphatic heterocycles. The van der Waals surface area contributed by atoms with Gasteiger partial charge in [-0.05, 0) is 35.9 Å². The molecule has 3 aromatic carbocycles. The number of nitrogens with one attached hydrogen (secondary N) is 1. The summed E-state index contributed by atoms with van der Waals surface area (Å²) in [6, 6.07) is 23.0. The van der Waals surface area contributed by atoms with Crippen molar-refractivity contribution in [2.24, 2.45) is 0 Å². The summed E-state index contributed by atoms with van der Waals surface area (Å²) in [5.74, 6) is 0.509. The van der Waals surface area contributed by atoms with Crippen LogP contribution < -0.4 is 5.32 Å². The number of ketones is 1. The summed E-state index contributed by atoms with van der Waals surface area (Å²) < 4.78 is 5.78. The van der Waals surface area contributed by atoms with Crippen molar-refractivity contribution >= 4 is 33.4 Å². The van der Waals surface area contributed by atoms with Crippen LogP contribution >= 0.6 is 0 Å². The van der Waals surface area contributed by atoms with E-state index in [-0.39, 0.29) is 30.6 Å². The molecule has 4 nitrogen and oxygen atoms in total. The molecule has 0 radical (unpaired) electrons. The third-order valence-corrected chi connectivity index (χ3v) is 4.90. The second-order valence-electron chi connectivity index (χ2n) is 6.96. The lowest BCUT2D eigenvalue weighted by Crippen LogP contribution is -2.26. The van der Waals surface area contributed by atoms with E-state index in [1.807, 2.05) is 79.7 Å². The maximum absolute atomic E-state index is 12.5. The van der Waals surface area contributed by atoms with Gasteiger partial charge in [0.05, 0.1) is 6.04 Å². The van der Waals surface area contributed by atoms with E-state index in [0.717, 1.165) is 21.7 Å². The lowest BCUT2D eigenvalue weighted by molar-refractivity contribution is -0.121. The van der Waals surface area contributed by atoms with Crippen molar-refractivity contribution < 1.29 is 14.0 Å². The van der Waals surface area contributed by atoms with Crippen LogP contribution in [-0.2, 0) is 4.79 Å². The van der Waals surface area contributed by atoms with Gasteiger partial charge >= 0.3 is 0 Å². The fourth-order valence-corrected chi connectivity index (χ4v) is 3.33. The number of para-hydroxylation sites is 1. The molecule has 1 atom stereocenters. The Bertz CT molecular complexity index is 1130. The van der Waals surface area contributed by atoms with Gasteiger partial charge in [-0.25, -0.2) is 0 Å². The zero-order chi connectivity index (χ0) is 19.5. The van der Waals surface area contributed by atoms with Crippen LogP contribution in [0.15, 0.2) is 77.2 Å². The number of benzene rings is 3. The van der Waals surface area contributed by atoms with Crippen LogP contribution in [0.25, 0.3) is 21.7 Å². The third kappa shape index (κ3) is 3.81. The minimum atomic E-state index is -0.254. The predicted molar refractivity (Wildman–Crippen MR) is 110 cm³/mol. The van der Waals surface area contributed by atoms with Crippen molar-refractivity contribution in [3.8, 4) is 0 Å². The van der Waals surface area contributed by atoms with Crippen LogP contribution in [0.5, 0.6) is 0 Å². The fourth-order valence-electron chi connectivity index (χ4n) is 3.33. The largest absolute Gasteiger partial charge is 0.459 e. The molecule has 1 amide bonds. The van der Waals surface area contributed by atoms with Gasteiger partial charge in [0.25, 0.3) is 0 Å². The number of rotatable bonds is 6. The molecule has 0 saturated heterocycles. The van der Waals surface area contributed by atoms with Crippen molar-refractivity contribution in [1.29, 1.82) is 0 Å². The van der Waals surface area contributed by atoms with Gasteiger partial charge in [-0.2, -0.15) is 0 Å². The SMILES string of the molecule is C[C@H](NC(=O)CCC(=O)c1ccc2ccccc2c1)c1cc2ccccc2o1. The first-order chi connectivity index (χ1) is 13.6. The summed E-state index contributed by atoms with van der Waals surface area (Å²) in [7, 11) is 0. The van der Waals surface area contributed by atoms with Crippen LogP contribution in [-0.4, -0.2) is 11.7 Å². The molecular weight excluding hydrogens is 350 g/mol. The van der Waals surface area contributed by atoms with Gasteiger partial charge in [-0.15, -0.1) is 0 Å². The summed E-state index contributed by atoms with van der Waals surface area (Å²) >= 11 is 0. The van der Waals surface area contributed by atoms with E-state index >= 15 is 0 Å². The maximum atomic E-state index is 12.5. The second kappa shape index (κ2) is 7.69. The molecule has 0 aliphatic rings. The summed E-state index contributed by atoms with van der Waals surface area (Å²) in [4.78, 5) is 24.8. The van der Waals surface area contributed by atoms with Gasteiger partial charge in [0.1, 0.15) is 11.3 Å². The number of carbonyl (C=O) groups excluding carboxylic acids is 2. The van der Waals surface area contributed by atoms with Gasteiger partial charge in [0.2, 0.25) is 5.91 Å². The topological polar surface area (TPSA) is 59.3 Å². The number of hydrogen-bond donors (Lipinski definition) is 1. The average Bonchev–Trinajstić information content (AvgIpc) is 3.16. The van der Waals surface area contributed by atoms with Gasteiger partial charge in [0, 0.05) is 23.8 Å². The van der Waals surface area contributed by atoms with Crippen molar-refractivity contribution in [3.63, 3.8) is 0 Å². The molecule has 140 valence electrons. The van der Waals surface area contributed by atoms with Crippen molar-refractivity contribution in [2.45, 2.75) is 25.8 Å². The van der Waals surface area contributed by atoms with Crippen LogP contribution in [0.4, 0.5) is 0 Å². The van der Waals surface area contributed by atoms with Crippen LogP contribution in [0.3, 0.4) is 0 Å². The van der Waals surface area contributed by atoms with Gasteiger partial charge in [-0.3, -0.25) is 9.59 Å². The number of Topliss-reactive ketones (excluding diaryl/α,β-unsaturated/α-hetero) is 1. The molecule has 0 bridgehead atoms. The molecule has 4 aromatic rings. The summed E-state index contributed by atoms with van der Waals surface area (Å²) in [6.07, 6.45) is 0.327. The number of fused-ring (bicyclic) bond motifs is 2. The molecule has 1 N–H and O–H groups in total. The molecule has 0 unspecified atom stereocenters. The summed E-state index contributed by atoms with van der Waals surface area (Å²) in [5.41, 5.74) is 1.43. The number of hydrogen-bond acceptors (Lipinski definition) is 3. The Balaban J connectivity index is 1.35. The Morgan fingerprint density at radius 2 is 1.57 bits per heavy atom. The first-order valence-electron chi connectivity index (χ1n) is 9.40. The highest BCUT2D eigenvalue weighted by molar-refractivity contribution is 6.01. The first-order valence-corrected chi connectivity index (χ1v) is 9.40. The van der Waals surface area contributed by atoms with Gasteiger partial charge in [0.15, 0.2) is 5.78 Å². The Hall–Kier alpha value is -3.40. The van der Waals surface area contributed by atoms with E-state index in [2.05, 4.69) is 5.32 Å². The Labute approximate surface area is 163 Å². The molecule has 28 heavy (non-hydrogen) atoms. The van der Waals surface area contributed by atoms with Crippen molar-refractivity contribution in [2.75, 3.05) is 0 Å². The van der Waals surface area contributed by atoms with E-state index < -0.39 is 0 Å².